The van der Waals surface area contributed by atoms with Gasteiger partial charge in [-0.2, -0.15) is 4.98 Å². The topological polar surface area (TPSA) is 78.3 Å². The lowest BCUT2D eigenvalue weighted by Crippen LogP contribution is -2.36. The molecule has 0 radical (unpaired) electrons. The van der Waals surface area contributed by atoms with Crippen molar-refractivity contribution in [1.82, 2.24) is 14.8 Å². The van der Waals surface area contributed by atoms with Gasteiger partial charge in [0.2, 0.25) is 11.1 Å². The standard InChI is InChI=1S/C33H32BrClN4O3S/c1-33(2)17-25-28(26(40)18-33)29(39-31(36-25)37-32(38-39)43-19-21-11-7-8-12-24(21)35)22-15-23(34)30(27(16-22)41-3)42-14-13-20-9-5-4-6-10-20/h4-12,15-16,29H,13-14,17-19H2,1-3H3,(H,36,37,38). The molecule has 1 aliphatic carbocycles. The Bertz CT molecular complexity index is 1710. The Hall–Kier alpha value is -3.27. The van der Waals surface area contributed by atoms with Crippen molar-refractivity contribution in [3.63, 3.8) is 0 Å². The first-order chi connectivity index (χ1) is 20.7. The van der Waals surface area contributed by atoms with Crippen LogP contribution in [0.5, 0.6) is 11.5 Å². The van der Waals surface area contributed by atoms with Crippen LogP contribution in [-0.4, -0.2) is 34.3 Å². The Labute approximate surface area is 269 Å². The van der Waals surface area contributed by atoms with Crippen molar-refractivity contribution in [1.29, 1.82) is 0 Å². The zero-order chi connectivity index (χ0) is 30.1. The zero-order valence-electron chi connectivity index (χ0n) is 24.2. The Kier molecular flexibility index (Phi) is 8.58. The van der Waals surface area contributed by atoms with Crippen molar-refractivity contribution in [2.24, 2.45) is 5.41 Å². The van der Waals surface area contributed by atoms with E-state index in [0.717, 1.165) is 34.1 Å². The molecule has 0 amide bonds. The number of carbonyl (C=O) groups is 1. The summed E-state index contributed by atoms with van der Waals surface area (Å²) in [7, 11) is 1.63. The number of benzene rings is 3. The van der Waals surface area contributed by atoms with E-state index in [1.807, 2.05) is 59.3 Å². The molecule has 0 saturated carbocycles. The van der Waals surface area contributed by atoms with Crippen molar-refractivity contribution in [2.45, 2.75) is 50.1 Å². The number of Topliss-reactive ketones (excluding diaryl/α,β-unsaturated/α-hetero) is 1. The van der Waals surface area contributed by atoms with Crippen LogP contribution in [0, 0.1) is 5.41 Å². The first-order valence-corrected chi connectivity index (χ1v) is 16.3. The van der Waals surface area contributed by atoms with E-state index in [1.54, 1.807) is 7.11 Å². The maximum Gasteiger partial charge on any atom is 0.227 e. The van der Waals surface area contributed by atoms with Gasteiger partial charge in [-0.3, -0.25) is 4.79 Å². The number of nitrogens with zero attached hydrogens (tertiary/aromatic N) is 3. The van der Waals surface area contributed by atoms with Gasteiger partial charge in [0.05, 0.1) is 18.2 Å². The molecule has 10 heteroatoms. The second-order valence-corrected chi connectivity index (χ2v) is 13.7. The normalized spacial score (nSPS) is 17.2. The zero-order valence-corrected chi connectivity index (χ0v) is 27.4. The highest BCUT2D eigenvalue weighted by Crippen LogP contribution is 2.48. The summed E-state index contributed by atoms with van der Waals surface area (Å²) in [4.78, 5) is 18.6. The van der Waals surface area contributed by atoms with Crippen molar-refractivity contribution < 1.29 is 14.3 Å². The second kappa shape index (κ2) is 12.4. The minimum absolute atomic E-state index is 0.105. The number of allylic oxidation sites excluding steroid dienone is 2. The maximum absolute atomic E-state index is 13.7. The number of ether oxygens (including phenoxy) is 2. The minimum Gasteiger partial charge on any atom is -0.493 e. The van der Waals surface area contributed by atoms with Gasteiger partial charge in [0.1, 0.15) is 6.04 Å². The smallest absolute Gasteiger partial charge is 0.227 e. The van der Waals surface area contributed by atoms with Crippen LogP contribution in [0.15, 0.2) is 87.6 Å². The number of methoxy groups -OCH3 is 1. The van der Waals surface area contributed by atoms with Crippen LogP contribution in [-0.2, 0) is 17.0 Å². The molecule has 2 aliphatic rings. The van der Waals surface area contributed by atoms with Gasteiger partial charge in [-0.15, -0.1) is 5.10 Å². The van der Waals surface area contributed by atoms with Crippen molar-refractivity contribution in [3.8, 4) is 11.5 Å². The number of ketones is 1. The number of halogens is 2. The molecule has 1 unspecified atom stereocenters. The molecular weight excluding hydrogens is 648 g/mol. The number of hydrogen-bond donors (Lipinski definition) is 1. The summed E-state index contributed by atoms with van der Waals surface area (Å²) < 4.78 is 14.6. The lowest BCUT2D eigenvalue weighted by atomic mass is 9.73. The fourth-order valence-electron chi connectivity index (χ4n) is 5.67. The van der Waals surface area contributed by atoms with Crippen LogP contribution in [0.4, 0.5) is 5.95 Å². The van der Waals surface area contributed by atoms with E-state index < -0.39 is 6.04 Å². The summed E-state index contributed by atoms with van der Waals surface area (Å²) in [6.45, 7) is 4.74. The van der Waals surface area contributed by atoms with Crippen LogP contribution < -0.4 is 14.8 Å². The Morgan fingerprint density at radius 2 is 1.88 bits per heavy atom. The fraction of sp³-hybridized carbons (Fsp3) is 0.303. The monoisotopic (exact) mass is 678 g/mol. The average Bonchev–Trinajstić information content (AvgIpc) is 3.38. The summed E-state index contributed by atoms with van der Waals surface area (Å²) in [5.41, 5.74) is 4.51. The first kappa shape index (κ1) is 29.8. The molecule has 6 rings (SSSR count). The number of fused-ring (bicyclic) bond motifs is 1. The number of thioether (sulfide) groups is 1. The van der Waals surface area contributed by atoms with Crippen molar-refractivity contribution in [2.75, 3.05) is 19.0 Å². The molecule has 1 N–H and O–H groups in total. The van der Waals surface area contributed by atoms with Gasteiger partial charge in [0, 0.05) is 34.9 Å². The van der Waals surface area contributed by atoms with Crippen LogP contribution in [0.1, 0.15) is 49.4 Å². The van der Waals surface area contributed by atoms with Crippen LogP contribution >= 0.6 is 39.3 Å². The van der Waals surface area contributed by atoms with Crippen LogP contribution in [0.25, 0.3) is 0 Å². The molecule has 0 fully saturated rings. The second-order valence-electron chi connectivity index (χ2n) is 11.5. The molecule has 1 aliphatic heterocycles. The quantitative estimate of drug-likeness (QED) is 0.179. The summed E-state index contributed by atoms with van der Waals surface area (Å²) >= 11 is 11.6. The third kappa shape index (κ3) is 6.35. The molecule has 1 atom stereocenters. The van der Waals surface area contributed by atoms with E-state index >= 15 is 0 Å². The fourth-order valence-corrected chi connectivity index (χ4v) is 7.36. The Balaban J connectivity index is 1.35. The average molecular weight is 680 g/mol. The van der Waals surface area contributed by atoms with Gasteiger partial charge in [-0.05, 0) is 62.7 Å². The van der Waals surface area contributed by atoms with Gasteiger partial charge in [-0.25, -0.2) is 4.68 Å². The van der Waals surface area contributed by atoms with E-state index in [9.17, 15) is 4.79 Å². The minimum atomic E-state index is -0.472. The SMILES string of the molecule is COc1cc(C2C3=C(CC(C)(C)CC3=O)Nc3nc(SCc4ccccc4Cl)nn32)cc(Br)c1OCCc1ccccc1. The molecule has 222 valence electrons. The third-order valence-corrected chi connectivity index (χ3v) is 9.52. The summed E-state index contributed by atoms with van der Waals surface area (Å²) in [6.07, 6.45) is 1.96. The van der Waals surface area contributed by atoms with Gasteiger partial charge in [0.25, 0.3) is 0 Å². The van der Waals surface area contributed by atoms with E-state index in [1.165, 1.54) is 17.3 Å². The Morgan fingerprint density at radius 3 is 2.65 bits per heavy atom. The van der Waals surface area contributed by atoms with Crippen molar-refractivity contribution >= 4 is 51.0 Å². The highest BCUT2D eigenvalue weighted by molar-refractivity contribution is 9.10. The molecule has 0 bridgehead atoms. The molecule has 2 heterocycles. The maximum atomic E-state index is 13.7. The molecule has 0 saturated heterocycles. The highest BCUT2D eigenvalue weighted by Gasteiger charge is 2.42. The van der Waals surface area contributed by atoms with Crippen LogP contribution in [0.2, 0.25) is 5.02 Å². The largest absolute Gasteiger partial charge is 0.493 e. The van der Waals surface area contributed by atoms with E-state index in [4.69, 9.17) is 31.2 Å². The molecular formula is C33H32BrClN4O3S. The molecule has 43 heavy (non-hydrogen) atoms. The lowest BCUT2D eigenvalue weighted by Gasteiger charge is -2.38. The first-order valence-electron chi connectivity index (χ1n) is 14.1. The molecule has 4 aromatic rings. The van der Waals surface area contributed by atoms with Gasteiger partial charge in [-0.1, -0.05) is 85.7 Å². The third-order valence-electron chi connectivity index (χ3n) is 7.67. The number of carbonyl (C=O) groups excluding carboxylic acids is 1. The predicted molar refractivity (Wildman–Crippen MR) is 174 cm³/mol. The van der Waals surface area contributed by atoms with E-state index in [-0.39, 0.29) is 11.2 Å². The predicted octanol–water partition coefficient (Wildman–Crippen LogP) is 8.27. The van der Waals surface area contributed by atoms with Gasteiger partial charge in [0.15, 0.2) is 17.3 Å². The summed E-state index contributed by atoms with van der Waals surface area (Å²) in [5.74, 6) is 2.54. The molecule has 1 aromatic heterocycles. The number of anilines is 1. The number of rotatable bonds is 9. The highest BCUT2D eigenvalue weighted by atomic mass is 79.9. The lowest BCUT2D eigenvalue weighted by molar-refractivity contribution is -0.118. The van der Waals surface area contributed by atoms with Gasteiger partial charge < -0.3 is 14.8 Å². The number of hydrogen-bond acceptors (Lipinski definition) is 7. The van der Waals surface area contributed by atoms with Gasteiger partial charge >= 0.3 is 0 Å². The Morgan fingerprint density at radius 1 is 1.12 bits per heavy atom. The number of nitrogens with one attached hydrogen (secondary N) is 1. The molecule has 3 aromatic carbocycles. The summed E-state index contributed by atoms with van der Waals surface area (Å²) in [5, 5.41) is 9.66. The van der Waals surface area contributed by atoms with Crippen LogP contribution in [0.3, 0.4) is 0 Å². The summed E-state index contributed by atoms with van der Waals surface area (Å²) in [6, 6.07) is 21.5. The van der Waals surface area contributed by atoms with E-state index in [0.29, 0.717) is 52.0 Å². The number of aromatic nitrogens is 3. The van der Waals surface area contributed by atoms with E-state index in [2.05, 4.69) is 47.2 Å². The molecule has 0 spiro atoms. The molecule has 7 nitrogen and oxygen atoms in total. The van der Waals surface area contributed by atoms with Crippen molar-refractivity contribution in [3.05, 3.63) is 104 Å².